The molecule has 0 unspecified atom stereocenters. The number of rotatable bonds is 4. The van der Waals surface area contributed by atoms with E-state index in [4.69, 9.17) is 4.74 Å². The first-order valence-electron chi connectivity index (χ1n) is 7.76. The summed E-state index contributed by atoms with van der Waals surface area (Å²) in [4.78, 5) is 11.5. The lowest BCUT2D eigenvalue weighted by Gasteiger charge is -2.09. The molecule has 0 amide bonds. The molecule has 0 aliphatic rings. The zero-order valence-corrected chi connectivity index (χ0v) is 15.8. The normalized spacial score (nSPS) is 11.0. The van der Waals surface area contributed by atoms with Gasteiger partial charge in [0.05, 0.1) is 22.9 Å². The molecule has 1 N–H and O–H groups in total. The van der Waals surface area contributed by atoms with Gasteiger partial charge in [-0.3, -0.25) is 0 Å². The Bertz CT molecular complexity index is 1050. The van der Waals surface area contributed by atoms with Gasteiger partial charge in [0.15, 0.2) is 0 Å². The van der Waals surface area contributed by atoms with Gasteiger partial charge >= 0.3 is 6.18 Å². The van der Waals surface area contributed by atoms with Crippen molar-refractivity contribution >= 4 is 35.8 Å². The molecule has 4 rings (SSSR count). The maximum Gasteiger partial charge on any atom is 0.416 e. The quantitative estimate of drug-likeness (QED) is 0.484. The molecule has 10 heteroatoms. The van der Waals surface area contributed by atoms with Gasteiger partial charge in [0.25, 0.3) is 0 Å². The molecule has 0 radical (unpaired) electrons. The Morgan fingerprint density at radius 3 is 2.61 bits per heavy atom. The average molecular weight is 431 g/mol. The number of fused-ring (bicyclic) bond motifs is 1. The molecule has 0 aliphatic heterocycles. The Labute approximate surface area is 170 Å². The number of hydrogen-bond acceptors (Lipinski definition) is 3. The van der Waals surface area contributed by atoms with Gasteiger partial charge in [-0.1, -0.05) is 6.07 Å². The van der Waals surface area contributed by atoms with Crippen LogP contribution in [0.5, 0.6) is 5.75 Å². The van der Waals surface area contributed by atoms with E-state index in [1.165, 1.54) is 12.1 Å². The number of nitrogens with zero attached hydrogens (tertiary/aromatic N) is 3. The maximum atomic E-state index is 12.7. The third kappa shape index (κ3) is 4.58. The molecule has 148 valence electrons. The van der Waals surface area contributed by atoms with Crippen molar-refractivity contribution in [2.75, 3.05) is 0 Å². The summed E-state index contributed by atoms with van der Waals surface area (Å²) in [5, 5.41) is 0. The molecule has 0 saturated carbocycles. The summed E-state index contributed by atoms with van der Waals surface area (Å²) in [6.07, 6.45) is 0.804. The van der Waals surface area contributed by atoms with Crippen LogP contribution in [0.2, 0.25) is 0 Å². The Balaban J connectivity index is 0.00000140. The van der Waals surface area contributed by atoms with Gasteiger partial charge in [-0.25, -0.2) is 9.97 Å². The summed E-state index contributed by atoms with van der Waals surface area (Å²) in [5.41, 5.74) is 1.73. The Morgan fingerprint density at radius 1 is 1.07 bits per heavy atom. The molecule has 2 aromatic carbocycles. The van der Waals surface area contributed by atoms with Crippen molar-refractivity contribution in [1.29, 1.82) is 0 Å². The van der Waals surface area contributed by atoms with E-state index in [9.17, 15) is 13.2 Å². The van der Waals surface area contributed by atoms with Gasteiger partial charge in [0, 0.05) is 18.1 Å². The minimum Gasteiger partial charge on any atom is -0.486 e. The summed E-state index contributed by atoms with van der Waals surface area (Å²) < 4.78 is 45.5. The van der Waals surface area contributed by atoms with Gasteiger partial charge in [-0.05, 0) is 36.4 Å². The predicted octanol–water partition coefficient (Wildman–Crippen LogP) is 5.19. The van der Waals surface area contributed by atoms with Gasteiger partial charge in [-0.2, -0.15) is 13.2 Å². The second-order valence-corrected chi connectivity index (χ2v) is 5.67. The van der Waals surface area contributed by atoms with Gasteiger partial charge in [0.2, 0.25) is 0 Å². The van der Waals surface area contributed by atoms with Crippen molar-refractivity contribution in [1.82, 2.24) is 19.5 Å². The molecular weight excluding hydrogens is 416 g/mol. The van der Waals surface area contributed by atoms with E-state index in [0.717, 1.165) is 28.9 Å². The highest BCUT2D eigenvalue weighted by atomic mass is 35.5. The van der Waals surface area contributed by atoms with Crippen LogP contribution in [-0.4, -0.2) is 19.5 Å². The summed E-state index contributed by atoms with van der Waals surface area (Å²) >= 11 is 0. The van der Waals surface area contributed by atoms with Gasteiger partial charge in [-0.15, -0.1) is 24.8 Å². The fourth-order valence-electron chi connectivity index (χ4n) is 2.61. The molecule has 28 heavy (non-hydrogen) atoms. The van der Waals surface area contributed by atoms with E-state index < -0.39 is 11.7 Å². The molecule has 5 nitrogen and oxygen atoms in total. The number of aromatic nitrogens is 4. The van der Waals surface area contributed by atoms with Crippen LogP contribution in [-0.2, 0) is 12.8 Å². The molecule has 0 saturated heterocycles. The lowest BCUT2D eigenvalue weighted by Crippen LogP contribution is -2.05. The minimum absolute atomic E-state index is 0. The number of alkyl halides is 3. The molecule has 0 spiro atoms. The third-order valence-corrected chi connectivity index (χ3v) is 3.85. The number of hydrogen-bond donors (Lipinski definition) is 1. The first kappa shape index (κ1) is 21.6. The van der Waals surface area contributed by atoms with Crippen LogP contribution in [0.3, 0.4) is 0 Å². The van der Waals surface area contributed by atoms with Crippen molar-refractivity contribution < 1.29 is 17.9 Å². The van der Waals surface area contributed by atoms with Crippen LogP contribution in [0.4, 0.5) is 13.2 Å². The summed E-state index contributed by atoms with van der Waals surface area (Å²) in [7, 11) is 0. The van der Waals surface area contributed by atoms with E-state index in [0.29, 0.717) is 5.82 Å². The highest BCUT2D eigenvalue weighted by Crippen LogP contribution is 2.31. The van der Waals surface area contributed by atoms with Crippen molar-refractivity contribution in [3.63, 3.8) is 0 Å². The largest absolute Gasteiger partial charge is 0.486 e. The monoisotopic (exact) mass is 430 g/mol. The molecule has 0 atom stereocenters. The minimum atomic E-state index is -4.40. The number of ether oxygens (including phenoxy) is 1. The topological polar surface area (TPSA) is 55.7 Å². The van der Waals surface area contributed by atoms with Crippen LogP contribution >= 0.6 is 24.8 Å². The summed E-state index contributed by atoms with van der Waals surface area (Å²) in [6.45, 7) is 0.0381. The summed E-state index contributed by atoms with van der Waals surface area (Å²) in [6, 6.07) is 10.4. The summed E-state index contributed by atoms with van der Waals surface area (Å²) in [5.74, 6) is 0.666. The van der Waals surface area contributed by atoms with E-state index in [2.05, 4.69) is 15.0 Å². The molecule has 0 fully saturated rings. The number of benzene rings is 2. The molecule has 2 heterocycles. The van der Waals surface area contributed by atoms with Gasteiger partial charge < -0.3 is 14.3 Å². The predicted molar refractivity (Wildman–Crippen MR) is 103 cm³/mol. The fraction of sp³-hybridized carbons (Fsp3) is 0.111. The zero-order valence-electron chi connectivity index (χ0n) is 14.2. The second kappa shape index (κ2) is 8.53. The molecule has 0 aliphatic carbocycles. The van der Waals surface area contributed by atoms with Crippen molar-refractivity contribution in [3.8, 4) is 11.4 Å². The Hall–Kier alpha value is -2.71. The highest BCUT2D eigenvalue weighted by molar-refractivity contribution is 5.85. The van der Waals surface area contributed by atoms with E-state index in [-0.39, 0.29) is 37.2 Å². The van der Waals surface area contributed by atoms with Crippen LogP contribution < -0.4 is 4.74 Å². The molecule has 0 bridgehead atoms. The number of imidazole rings is 2. The lowest BCUT2D eigenvalue weighted by atomic mass is 10.2. The maximum absolute atomic E-state index is 12.7. The highest BCUT2D eigenvalue weighted by Gasteiger charge is 2.30. The van der Waals surface area contributed by atoms with E-state index >= 15 is 0 Å². The Kier molecular flexibility index (Phi) is 6.58. The third-order valence-electron chi connectivity index (χ3n) is 3.85. The smallest absolute Gasteiger partial charge is 0.416 e. The van der Waals surface area contributed by atoms with Crippen LogP contribution in [0, 0.1) is 0 Å². The van der Waals surface area contributed by atoms with Crippen molar-refractivity contribution in [2.45, 2.75) is 12.8 Å². The van der Waals surface area contributed by atoms with Crippen LogP contribution in [0.1, 0.15) is 11.4 Å². The number of nitrogens with one attached hydrogen (secondary N) is 1. The fourth-order valence-corrected chi connectivity index (χ4v) is 2.61. The van der Waals surface area contributed by atoms with E-state index in [1.807, 2.05) is 29.0 Å². The number of halogens is 5. The van der Waals surface area contributed by atoms with Crippen molar-refractivity contribution in [3.05, 3.63) is 72.6 Å². The molecule has 4 aromatic rings. The molecule has 2 aromatic heterocycles. The van der Waals surface area contributed by atoms with Crippen LogP contribution in [0.25, 0.3) is 16.7 Å². The van der Waals surface area contributed by atoms with E-state index in [1.54, 1.807) is 12.5 Å². The zero-order chi connectivity index (χ0) is 18.1. The standard InChI is InChI=1S/C18H13F3N4O.2ClH/c19-18(20,21)12-2-1-3-14(8-12)26-10-17-23-15-5-4-13(9-16(15)24-17)25-7-6-22-11-25;;/h1-9,11H,10H2,(H,23,24);2*1H. The number of aromatic amines is 1. The first-order valence-corrected chi connectivity index (χ1v) is 7.76. The lowest BCUT2D eigenvalue weighted by molar-refractivity contribution is -0.137. The molecular formula is C18H15Cl2F3N4O. The Morgan fingerprint density at radius 2 is 1.89 bits per heavy atom. The second-order valence-electron chi connectivity index (χ2n) is 5.67. The first-order chi connectivity index (χ1) is 12.5. The average Bonchev–Trinajstić information content (AvgIpc) is 3.28. The SMILES string of the molecule is Cl.Cl.FC(F)(F)c1cccc(OCc2nc3ccc(-n4ccnc4)cc3[nH]2)c1. The van der Waals surface area contributed by atoms with Crippen molar-refractivity contribution in [2.24, 2.45) is 0 Å². The number of H-pyrrole nitrogens is 1. The van der Waals surface area contributed by atoms with Crippen LogP contribution in [0.15, 0.2) is 61.2 Å². The van der Waals surface area contributed by atoms with Gasteiger partial charge in [0.1, 0.15) is 18.2 Å².